The highest BCUT2D eigenvalue weighted by Crippen LogP contribution is 2.47. The van der Waals surface area contributed by atoms with Gasteiger partial charge in [0.2, 0.25) is 0 Å². The zero-order chi connectivity index (χ0) is 9.42. The molecule has 1 saturated carbocycles. The van der Waals surface area contributed by atoms with Crippen LogP contribution in [0.2, 0.25) is 0 Å². The summed E-state index contributed by atoms with van der Waals surface area (Å²) in [4.78, 5) is 0. The Labute approximate surface area is 84.3 Å². The van der Waals surface area contributed by atoms with E-state index in [1.807, 2.05) is 6.07 Å². The lowest BCUT2D eigenvalue weighted by molar-refractivity contribution is 0.618. The molecule has 0 aliphatic heterocycles. The number of nitrogens with zero attached hydrogens (tertiary/aromatic N) is 1. The molecule has 0 amide bonds. The van der Waals surface area contributed by atoms with E-state index in [1.54, 1.807) is 6.07 Å². The molecule has 2 rings (SSSR count). The van der Waals surface area contributed by atoms with Crippen molar-refractivity contribution in [2.24, 2.45) is 5.92 Å². The molecule has 0 heterocycles. The van der Waals surface area contributed by atoms with E-state index >= 15 is 0 Å². The maximum absolute atomic E-state index is 13.1. The molecular weight excluding hydrogens is 233 g/mol. The van der Waals surface area contributed by atoms with Crippen LogP contribution in [-0.2, 0) is 0 Å². The molecule has 66 valence electrons. The first-order valence-corrected chi connectivity index (χ1v) is 4.86. The zero-order valence-electron chi connectivity index (χ0n) is 6.80. The van der Waals surface area contributed by atoms with Gasteiger partial charge in [-0.25, -0.2) is 4.39 Å². The maximum atomic E-state index is 13.1. The van der Waals surface area contributed by atoms with E-state index in [-0.39, 0.29) is 17.7 Å². The molecule has 0 aromatic heterocycles. The Bertz CT molecular complexity index is 383. The van der Waals surface area contributed by atoms with Crippen LogP contribution in [0.3, 0.4) is 0 Å². The molecule has 1 aliphatic carbocycles. The second kappa shape index (κ2) is 3.12. The number of benzene rings is 1. The smallest absolute Gasteiger partial charge is 0.137 e. The largest absolute Gasteiger partial charge is 0.206 e. The van der Waals surface area contributed by atoms with Gasteiger partial charge < -0.3 is 0 Å². The molecule has 1 fully saturated rings. The van der Waals surface area contributed by atoms with Crippen molar-refractivity contribution in [3.63, 3.8) is 0 Å². The lowest BCUT2D eigenvalue weighted by atomic mass is 10.1. The van der Waals surface area contributed by atoms with Gasteiger partial charge in [-0.1, -0.05) is 6.07 Å². The van der Waals surface area contributed by atoms with Crippen LogP contribution in [0.15, 0.2) is 22.7 Å². The standard InChI is InChI=1S/C10H7BrFN/c11-9-2-1-6(4-10(9)12)8-3-7(8)5-13/h1-2,4,7-8H,3H2/t7?,8-/m1/s1. The predicted molar refractivity (Wildman–Crippen MR) is 50.6 cm³/mol. The molecule has 0 N–H and O–H groups in total. The summed E-state index contributed by atoms with van der Waals surface area (Å²) in [5.74, 6) is 0.106. The molecule has 1 nitrogen and oxygen atoms in total. The second-order valence-electron chi connectivity index (χ2n) is 3.25. The first-order valence-electron chi connectivity index (χ1n) is 4.07. The van der Waals surface area contributed by atoms with Gasteiger partial charge in [0.25, 0.3) is 0 Å². The quantitative estimate of drug-likeness (QED) is 0.739. The minimum absolute atomic E-state index is 0.0978. The Morgan fingerprint density at radius 2 is 2.31 bits per heavy atom. The average molecular weight is 240 g/mol. The summed E-state index contributed by atoms with van der Waals surface area (Å²) >= 11 is 3.09. The number of hydrogen-bond acceptors (Lipinski definition) is 1. The summed E-state index contributed by atoms with van der Waals surface area (Å²) < 4.78 is 13.5. The molecule has 3 heteroatoms. The Morgan fingerprint density at radius 1 is 1.54 bits per heavy atom. The van der Waals surface area contributed by atoms with Crippen molar-refractivity contribution in [2.75, 3.05) is 0 Å². The zero-order valence-corrected chi connectivity index (χ0v) is 8.38. The normalized spacial score (nSPS) is 25.3. The van der Waals surface area contributed by atoms with E-state index in [0.717, 1.165) is 12.0 Å². The highest BCUT2D eigenvalue weighted by molar-refractivity contribution is 9.10. The van der Waals surface area contributed by atoms with Gasteiger partial charge in [0.05, 0.1) is 16.5 Å². The third kappa shape index (κ3) is 1.59. The summed E-state index contributed by atoms with van der Waals surface area (Å²) in [6, 6.07) is 7.26. The summed E-state index contributed by atoms with van der Waals surface area (Å²) in [6.45, 7) is 0. The van der Waals surface area contributed by atoms with Crippen LogP contribution in [0.25, 0.3) is 0 Å². The molecule has 0 spiro atoms. The molecular formula is C10H7BrFN. The van der Waals surface area contributed by atoms with Gasteiger partial charge in [0.15, 0.2) is 0 Å². The molecule has 0 saturated heterocycles. The fourth-order valence-electron chi connectivity index (χ4n) is 1.45. The predicted octanol–water partition coefficient (Wildman–Crippen LogP) is 3.22. The minimum atomic E-state index is -0.249. The minimum Gasteiger partial charge on any atom is -0.206 e. The molecule has 0 bridgehead atoms. The highest BCUT2D eigenvalue weighted by Gasteiger charge is 2.38. The summed E-state index contributed by atoms with van der Waals surface area (Å²) in [5, 5.41) is 8.61. The highest BCUT2D eigenvalue weighted by atomic mass is 79.9. The summed E-state index contributed by atoms with van der Waals surface area (Å²) in [6.07, 6.45) is 0.873. The monoisotopic (exact) mass is 239 g/mol. The second-order valence-corrected chi connectivity index (χ2v) is 4.11. The van der Waals surface area contributed by atoms with Crippen molar-refractivity contribution in [3.8, 4) is 6.07 Å². The molecule has 1 unspecified atom stereocenters. The number of nitriles is 1. The third-order valence-electron chi connectivity index (χ3n) is 2.33. The van der Waals surface area contributed by atoms with E-state index in [0.29, 0.717) is 4.47 Å². The fraction of sp³-hybridized carbons (Fsp3) is 0.300. The van der Waals surface area contributed by atoms with Crippen LogP contribution < -0.4 is 0 Å². The molecule has 0 radical (unpaired) electrons. The van der Waals surface area contributed by atoms with Crippen molar-refractivity contribution >= 4 is 15.9 Å². The first-order chi connectivity index (χ1) is 6.22. The van der Waals surface area contributed by atoms with Crippen molar-refractivity contribution in [1.29, 1.82) is 5.26 Å². The fourth-order valence-corrected chi connectivity index (χ4v) is 1.70. The average Bonchev–Trinajstić information content (AvgIpc) is 2.88. The molecule has 13 heavy (non-hydrogen) atoms. The topological polar surface area (TPSA) is 23.8 Å². The van der Waals surface area contributed by atoms with Gasteiger partial charge in [0.1, 0.15) is 5.82 Å². The van der Waals surface area contributed by atoms with Gasteiger partial charge in [-0.3, -0.25) is 0 Å². The van der Waals surface area contributed by atoms with Crippen LogP contribution in [0.5, 0.6) is 0 Å². The van der Waals surface area contributed by atoms with E-state index in [2.05, 4.69) is 22.0 Å². The molecule has 1 aliphatic rings. The van der Waals surface area contributed by atoms with E-state index in [4.69, 9.17) is 5.26 Å². The van der Waals surface area contributed by atoms with Gasteiger partial charge >= 0.3 is 0 Å². The molecule has 1 aromatic carbocycles. The van der Waals surface area contributed by atoms with Gasteiger partial charge in [-0.05, 0) is 40.0 Å². The lowest BCUT2D eigenvalue weighted by Crippen LogP contribution is -1.85. The third-order valence-corrected chi connectivity index (χ3v) is 2.97. The Kier molecular flexibility index (Phi) is 2.09. The Hall–Kier alpha value is -0.880. The Morgan fingerprint density at radius 3 is 2.85 bits per heavy atom. The summed E-state index contributed by atoms with van der Waals surface area (Å²) in [5.41, 5.74) is 0.937. The van der Waals surface area contributed by atoms with Crippen molar-refractivity contribution in [3.05, 3.63) is 34.1 Å². The maximum Gasteiger partial charge on any atom is 0.137 e. The number of hydrogen-bond donors (Lipinski definition) is 0. The van der Waals surface area contributed by atoms with Crippen LogP contribution in [0, 0.1) is 23.1 Å². The van der Waals surface area contributed by atoms with Crippen molar-refractivity contribution < 1.29 is 4.39 Å². The number of halogens is 2. The van der Waals surface area contributed by atoms with Crippen molar-refractivity contribution in [2.45, 2.75) is 12.3 Å². The lowest BCUT2D eigenvalue weighted by Gasteiger charge is -1.99. The first kappa shape index (κ1) is 8.71. The molecule has 1 aromatic rings. The van der Waals surface area contributed by atoms with E-state index < -0.39 is 0 Å². The van der Waals surface area contributed by atoms with E-state index in [9.17, 15) is 4.39 Å². The number of rotatable bonds is 1. The molecule has 2 atom stereocenters. The van der Waals surface area contributed by atoms with Gasteiger partial charge in [-0.2, -0.15) is 5.26 Å². The Balaban J connectivity index is 2.25. The van der Waals surface area contributed by atoms with Gasteiger partial charge in [-0.15, -0.1) is 0 Å². The van der Waals surface area contributed by atoms with E-state index in [1.165, 1.54) is 6.07 Å². The van der Waals surface area contributed by atoms with Crippen LogP contribution in [-0.4, -0.2) is 0 Å². The van der Waals surface area contributed by atoms with Crippen LogP contribution in [0.1, 0.15) is 17.9 Å². The SMILES string of the molecule is N#CC1C[C@@H]1c1ccc(Br)c(F)c1. The summed E-state index contributed by atoms with van der Waals surface area (Å²) in [7, 11) is 0. The van der Waals surface area contributed by atoms with Crippen LogP contribution in [0.4, 0.5) is 4.39 Å². The van der Waals surface area contributed by atoms with Crippen LogP contribution >= 0.6 is 15.9 Å². The van der Waals surface area contributed by atoms with Gasteiger partial charge in [0, 0.05) is 5.92 Å². The van der Waals surface area contributed by atoms with Crippen molar-refractivity contribution in [1.82, 2.24) is 0 Å².